The minimum Gasteiger partial charge on any atom is -0.494 e. The lowest BCUT2D eigenvalue weighted by Gasteiger charge is -2.41. The fourth-order valence-corrected chi connectivity index (χ4v) is 3.15. The number of methoxy groups -OCH3 is 1. The van der Waals surface area contributed by atoms with Gasteiger partial charge in [-0.1, -0.05) is 12.1 Å². The van der Waals surface area contributed by atoms with Gasteiger partial charge in [-0.2, -0.15) is 5.10 Å². The number of ether oxygens (including phenoxy) is 1. The van der Waals surface area contributed by atoms with Crippen LogP contribution in [0.25, 0.3) is 0 Å². The predicted molar refractivity (Wildman–Crippen MR) is 89.8 cm³/mol. The summed E-state index contributed by atoms with van der Waals surface area (Å²) in [5.74, 6) is -0.427. The van der Waals surface area contributed by atoms with Crippen LogP contribution in [0.3, 0.4) is 0 Å². The quantitative estimate of drug-likeness (QED) is 0.835. The third-order valence-corrected chi connectivity index (χ3v) is 4.57. The average Bonchev–Trinajstić information content (AvgIpc) is 2.98. The lowest BCUT2D eigenvalue weighted by molar-refractivity contribution is -0.124. The number of carbonyl (C=O) groups is 1. The third kappa shape index (κ3) is 3.66. The van der Waals surface area contributed by atoms with Crippen LogP contribution in [0.1, 0.15) is 30.0 Å². The molecular weight excluding hydrogens is 325 g/mol. The van der Waals surface area contributed by atoms with Gasteiger partial charge in [-0.15, -0.1) is 0 Å². The highest BCUT2D eigenvalue weighted by Crippen LogP contribution is 2.32. The molecule has 3 atom stereocenters. The summed E-state index contributed by atoms with van der Waals surface area (Å²) in [7, 11) is 1.41. The molecule has 1 saturated carbocycles. The SMILES string of the molecule is COc1cccc(CCC(=O)N[C@H]2C[C@@H](O)[C@@H]2n2cc(C)cn2)c1F. The predicted octanol–water partition coefficient (Wildman–Crippen LogP) is 1.76. The maximum absolute atomic E-state index is 14.1. The van der Waals surface area contributed by atoms with Crippen molar-refractivity contribution in [3.8, 4) is 5.75 Å². The first kappa shape index (κ1) is 17.4. The maximum atomic E-state index is 14.1. The van der Waals surface area contributed by atoms with Gasteiger partial charge in [0.1, 0.15) is 0 Å². The molecular formula is C18H22FN3O3. The summed E-state index contributed by atoms with van der Waals surface area (Å²) < 4.78 is 20.7. The highest BCUT2D eigenvalue weighted by Gasteiger charge is 2.42. The zero-order chi connectivity index (χ0) is 18.0. The Morgan fingerprint density at radius 2 is 2.32 bits per heavy atom. The van der Waals surface area contributed by atoms with Crippen LogP contribution < -0.4 is 10.1 Å². The van der Waals surface area contributed by atoms with Gasteiger partial charge < -0.3 is 15.2 Å². The number of nitrogens with one attached hydrogen (secondary N) is 1. The summed E-state index contributed by atoms with van der Waals surface area (Å²) in [6, 6.07) is 4.47. The van der Waals surface area contributed by atoms with Crippen molar-refractivity contribution in [2.24, 2.45) is 0 Å². The summed E-state index contributed by atoms with van der Waals surface area (Å²) >= 11 is 0. The standard InChI is InChI=1S/C18H22FN3O3/c1-11-9-20-22(10-11)18-13(8-14(18)23)21-16(24)7-6-12-4-3-5-15(25-2)17(12)19/h3-5,9-10,13-14,18,23H,6-8H2,1-2H3,(H,21,24)/t13-,14+,18+/m0/s1. The molecule has 1 aromatic carbocycles. The summed E-state index contributed by atoms with van der Waals surface area (Å²) in [5, 5.41) is 17.1. The van der Waals surface area contributed by atoms with Crippen LogP contribution in [0.15, 0.2) is 30.6 Å². The lowest BCUT2D eigenvalue weighted by atomic mass is 9.83. The molecule has 1 heterocycles. The Balaban J connectivity index is 1.56. The van der Waals surface area contributed by atoms with Crippen molar-refractivity contribution < 1.29 is 19.0 Å². The third-order valence-electron chi connectivity index (χ3n) is 4.57. The second-order valence-electron chi connectivity index (χ2n) is 6.40. The van der Waals surface area contributed by atoms with E-state index in [2.05, 4.69) is 10.4 Å². The summed E-state index contributed by atoms with van der Waals surface area (Å²) in [5.41, 5.74) is 1.44. The highest BCUT2D eigenvalue weighted by molar-refractivity contribution is 5.76. The molecule has 6 nitrogen and oxygen atoms in total. The number of carbonyl (C=O) groups excluding carboxylic acids is 1. The van der Waals surface area contributed by atoms with Crippen LogP contribution in [0.2, 0.25) is 0 Å². The fraction of sp³-hybridized carbons (Fsp3) is 0.444. The second kappa shape index (κ2) is 7.23. The number of benzene rings is 1. The molecule has 7 heteroatoms. The van der Waals surface area contributed by atoms with Crippen LogP contribution in [0, 0.1) is 12.7 Å². The topological polar surface area (TPSA) is 76.4 Å². The molecule has 0 bridgehead atoms. The molecule has 2 aromatic rings. The Kier molecular flexibility index (Phi) is 5.03. The Hall–Kier alpha value is -2.41. The number of aromatic nitrogens is 2. The Labute approximate surface area is 145 Å². The molecule has 0 unspecified atom stereocenters. The number of hydrogen-bond acceptors (Lipinski definition) is 4. The monoisotopic (exact) mass is 347 g/mol. The van der Waals surface area contributed by atoms with Gasteiger partial charge in [-0.05, 0) is 37.0 Å². The second-order valence-corrected chi connectivity index (χ2v) is 6.40. The molecule has 2 N–H and O–H groups in total. The number of aryl methyl sites for hydroxylation is 2. The number of aliphatic hydroxyl groups is 1. The van der Waals surface area contributed by atoms with Crippen molar-refractivity contribution in [1.82, 2.24) is 15.1 Å². The number of nitrogens with zero attached hydrogens (tertiary/aromatic N) is 2. The fourth-order valence-electron chi connectivity index (χ4n) is 3.15. The van der Waals surface area contributed by atoms with Crippen LogP contribution in [-0.4, -0.2) is 40.0 Å². The first-order chi connectivity index (χ1) is 12.0. The average molecular weight is 347 g/mol. The highest BCUT2D eigenvalue weighted by atomic mass is 19.1. The van der Waals surface area contributed by atoms with E-state index >= 15 is 0 Å². The first-order valence-electron chi connectivity index (χ1n) is 8.29. The minimum atomic E-state index is -0.527. The van der Waals surface area contributed by atoms with Crippen molar-refractivity contribution in [2.75, 3.05) is 7.11 Å². The summed E-state index contributed by atoms with van der Waals surface area (Å²) in [4.78, 5) is 12.2. The van der Waals surface area contributed by atoms with E-state index in [1.165, 1.54) is 7.11 Å². The van der Waals surface area contributed by atoms with Gasteiger partial charge in [0.15, 0.2) is 11.6 Å². The molecule has 134 valence electrons. The maximum Gasteiger partial charge on any atom is 0.220 e. The van der Waals surface area contributed by atoms with Gasteiger partial charge in [0.2, 0.25) is 5.91 Å². The molecule has 25 heavy (non-hydrogen) atoms. The van der Waals surface area contributed by atoms with E-state index < -0.39 is 11.9 Å². The van der Waals surface area contributed by atoms with Crippen molar-refractivity contribution in [1.29, 1.82) is 0 Å². The van der Waals surface area contributed by atoms with Crippen LogP contribution >= 0.6 is 0 Å². The minimum absolute atomic E-state index is 0.168. The van der Waals surface area contributed by atoms with Crippen molar-refractivity contribution in [2.45, 2.75) is 44.4 Å². The van der Waals surface area contributed by atoms with Gasteiger partial charge in [-0.3, -0.25) is 9.48 Å². The van der Waals surface area contributed by atoms with Crippen molar-refractivity contribution in [3.63, 3.8) is 0 Å². The molecule has 1 aromatic heterocycles. The zero-order valence-corrected chi connectivity index (χ0v) is 14.3. The summed E-state index contributed by atoms with van der Waals surface area (Å²) in [6.07, 6.45) is 3.98. The van der Waals surface area contributed by atoms with E-state index in [-0.39, 0.29) is 36.6 Å². The van der Waals surface area contributed by atoms with Gasteiger partial charge in [0.25, 0.3) is 0 Å². The Morgan fingerprint density at radius 1 is 1.52 bits per heavy atom. The van der Waals surface area contributed by atoms with Gasteiger partial charge >= 0.3 is 0 Å². The Bertz CT molecular complexity index is 762. The molecule has 0 radical (unpaired) electrons. The van der Waals surface area contributed by atoms with Crippen LogP contribution in [0.4, 0.5) is 4.39 Å². The lowest BCUT2D eigenvalue weighted by Crippen LogP contribution is -2.56. The molecule has 1 amide bonds. The van der Waals surface area contributed by atoms with Crippen LogP contribution in [0.5, 0.6) is 5.75 Å². The normalized spacial score (nSPS) is 22.3. The number of halogens is 1. The van der Waals surface area contributed by atoms with Crippen molar-refractivity contribution >= 4 is 5.91 Å². The van der Waals surface area contributed by atoms with E-state index in [0.717, 1.165) is 5.56 Å². The largest absolute Gasteiger partial charge is 0.494 e. The molecule has 0 saturated heterocycles. The van der Waals surface area contributed by atoms with Gasteiger partial charge in [-0.25, -0.2) is 4.39 Å². The number of hydrogen-bond donors (Lipinski definition) is 2. The molecule has 0 aliphatic heterocycles. The van der Waals surface area contributed by atoms with E-state index in [1.54, 1.807) is 29.1 Å². The van der Waals surface area contributed by atoms with E-state index in [1.807, 2.05) is 13.1 Å². The molecule has 0 spiro atoms. The van der Waals surface area contributed by atoms with Crippen LogP contribution in [-0.2, 0) is 11.2 Å². The first-order valence-corrected chi connectivity index (χ1v) is 8.29. The molecule has 1 aliphatic rings. The molecule has 1 aliphatic carbocycles. The van der Waals surface area contributed by atoms with Gasteiger partial charge in [0, 0.05) is 12.6 Å². The molecule has 1 fully saturated rings. The van der Waals surface area contributed by atoms with E-state index in [0.29, 0.717) is 12.0 Å². The van der Waals surface area contributed by atoms with E-state index in [9.17, 15) is 14.3 Å². The number of amides is 1. The zero-order valence-electron chi connectivity index (χ0n) is 14.3. The Morgan fingerprint density at radius 3 is 2.96 bits per heavy atom. The smallest absolute Gasteiger partial charge is 0.220 e. The van der Waals surface area contributed by atoms with E-state index in [4.69, 9.17) is 4.74 Å². The summed E-state index contributed by atoms with van der Waals surface area (Å²) in [6.45, 7) is 1.92. The molecule has 3 rings (SSSR count). The number of aliphatic hydroxyl groups excluding tert-OH is 1. The van der Waals surface area contributed by atoms with Crippen molar-refractivity contribution in [3.05, 3.63) is 47.5 Å². The van der Waals surface area contributed by atoms with Gasteiger partial charge in [0.05, 0.1) is 31.5 Å². The number of rotatable bonds is 6.